The maximum Gasteiger partial charge on any atom is 0.206 e. The molecule has 5 heteroatoms. The number of hydrogen-bond acceptors (Lipinski definition) is 3. The average molecular weight is 308 g/mol. The number of rotatable bonds is 2. The molecule has 0 spiro atoms. The molecule has 0 aliphatic carbocycles. The third-order valence-electron chi connectivity index (χ3n) is 3.12. The number of halogens is 2. The molecule has 0 saturated carbocycles. The molecule has 1 heterocycles. The van der Waals surface area contributed by atoms with Crippen molar-refractivity contribution in [3.8, 4) is 5.75 Å². The van der Waals surface area contributed by atoms with Gasteiger partial charge in [0.25, 0.3) is 0 Å². The topological polar surface area (TPSA) is 38.3 Å². The Bertz CT molecular complexity index is 673. The Balaban J connectivity index is 1.88. The van der Waals surface area contributed by atoms with Crippen LogP contribution in [-0.4, -0.2) is 18.4 Å². The number of para-hydroxylation sites is 2. The van der Waals surface area contributed by atoms with Gasteiger partial charge in [-0.3, -0.25) is 4.79 Å². The van der Waals surface area contributed by atoms with Crippen LogP contribution < -0.4 is 10.1 Å². The lowest BCUT2D eigenvalue weighted by molar-refractivity contribution is 0.0802. The summed E-state index contributed by atoms with van der Waals surface area (Å²) in [6, 6.07) is 12.3. The van der Waals surface area contributed by atoms with Crippen molar-refractivity contribution in [3.05, 3.63) is 58.1 Å². The number of ether oxygens (including phenoxy) is 1. The summed E-state index contributed by atoms with van der Waals surface area (Å²) in [5.74, 6) is 0.481. The zero-order valence-corrected chi connectivity index (χ0v) is 11.9. The molecule has 20 heavy (non-hydrogen) atoms. The van der Waals surface area contributed by atoms with Crippen molar-refractivity contribution in [1.29, 1.82) is 0 Å². The van der Waals surface area contributed by atoms with Gasteiger partial charge >= 0.3 is 0 Å². The van der Waals surface area contributed by atoms with Crippen LogP contribution in [0.4, 0.5) is 5.69 Å². The maximum atomic E-state index is 12.5. The van der Waals surface area contributed by atoms with E-state index in [9.17, 15) is 4.79 Å². The van der Waals surface area contributed by atoms with Gasteiger partial charge in [0.1, 0.15) is 5.75 Å². The Kier molecular flexibility index (Phi) is 3.55. The summed E-state index contributed by atoms with van der Waals surface area (Å²) in [4.78, 5) is 12.5. The molecule has 0 aromatic heterocycles. The minimum absolute atomic E-state index is 0.181. The molecule has 0 amide bonds. The zero-order chi connectivity index (χ0) is 14.1. The van der Waals surface area contributed by atoms with Gasteiger partial charge < -0.3 is 10.1 Å². The predicted octanol–water partition coefficient (Wildman–Crippen LogP) is 4.05. The standard InChI is InChI=1S/C15H11Cl2NO2/c16-9-5-6-11(17)10(7-9)15(19)14-8-18-12-3-1-2-4-13(12)20-14/h1-7,14,18H,8H2. The number of anilines is 1. The molecular weight excluding hydrogens is 297 g/mol. The molecule has 1 aliphatic heterocycles. The van der Waals surface area contributed by atoms with Crippen molar-refractivity contribution < 1.29 is 9.53 Å². The van der Waals surface area contributed by atoms with Crippen molar-refractivity contribution in [3.63, 3.8) is 0 Å². The first-order valence-electron chi connectivity index (χ1n) is 6.14. The number of hydrogen-bond donors (Lipinski definition) is 1. The lowest BCUT2D eigenvalue weighted by atomic mass is 10.0. The average Bonchev–Trinajstić information content (AvgIpc) is 2.48. The summed E-state index contributed by atoms with van der Waals surface area (Å²) in [5, 5.41) is 4.03. The second-order valence-corrected chi connectivity index (χ2v) is 5.32. The molecular formula is C15H11Cl2NO2. The van der Waals surface area contributed by atoms with Crippen LogP contribution in [0.3, 0.4) is 0 Å². The molecule has 1 unspecified atom stereocenters. The van der Waals surface area contributed by atoms with Crippen LogP contribution in [0, 0.1) is 0 Å². The Morgan fingerprint density at radius 2 is 2.00 bits per heavy atom. The van der Waals surface area contributed by atoms with Gasteiger partial charge in [-0.05, 0) is 30.3 Å². The van der Waals surface area contributed by atoms with Gasteiger partial charge in [0.15, 0.2) is 6.10 Å². The number of benzene rings is 2. The molecule has 0 fully saturated rings. The minimum Gasteiger partial charge on any atom is -0.478 e. The monoisotopic (exact) mass is 307 g/mol. The van der Waals surface area contributed by atoms with Crippen LogP contribution in [0.1, 0.15) is 10.4 Å². The van der Waals surface area contributed by atoms with Crippen LogP contribution in [-0.2, 0) is 0 Å². The van der Waals surface area contributed by atoms with Crippen LogP contribution in [0.2, 0.25) is 10.0 Å². The van der Waals surface area contributed by atoms with Crippen molar-refractivity contribution >= 4 is 34.7 Å². The predicted molar refractivity (Wildman–Crippen MR) is 80.1 cm³/mol. The second kappa shape index (κ2) is 5.35. The lowest BCUT2D eigenvalue weighted by Crippen LogP contribution is -2.37. The van der Waals surface area contributed by atoms with Crippen molar-refractivity contribution in [1.82, 2.24) is 0 Å². The summed E-state index contributed by atoms with van der Waals surface area (Å²) < 4.78 is 5.73. The van der Waals surface area contributed by atoms with E-state index in [-0.39, 0.29) is 5.78 Å². The van der Waals surface area contributed by atoms with Gasteiger partial charge in [0, 0.05) is 10.6 Å². The molecule has 3 rings (SSSR count). The Labute approximate surface area is 126 Å². The van der Waals surface area contributed by atoms with Crippen LogP contribution in [0.5, 0.6) is 5.75 Å². The van der Waals surface area contributed by atoms with E-state index in [0.29, 0.717) is 27.9 Å². The van der Waals surface area contributed by atoms with Crippen molar-refractivity contribution in [2.45, 2.75) is 6.10 Å². The van der Waals surface area contributed by atoms with Gasteiger partial charge in [-0.15, -0.1) is 0 Å². The van der Waals surface area contributed by atoms with E-state index in [4.69, 9.17) is 27.9 Å². The first-order valence-corrected chi connectivity index (χ1v) is 6.89. The highest BCUT2D eigenvalue weighted by Crippen LogP contribution is 2.30. The number of ketones is 1. The number of carbonyl (C=O) groups excluding carboxylic acids is 1. The smallest absolute Gasteiger partial charge is 0.206 e. The van der Waals surface area contributed by atoms with E-state index in [1.54, 1.807) is 18.2 Å². The largest absolute Gasteiger partial charge is 0.478 e. The minimum atomic E-state index is -0.610. The Morgan fingerprint density at radius 1 is 1.20 bits per heavy atom. The highest BCUT2D eigenvalue weighted by Gasteiger charge is 2.28. The van der Waals surface area contributed by atoms with E-state index >= 15 is 0 Å². The summed E-state index contributed by atoms with van der Waals surface area (Å²) in [7, 11) is 0. The highest BCUT2D eigenvalue weighted by molar-refractivity contribution is 6.36. The third kappa shape index (κ3) is 2.47. The van der Waals surface area contributed by atoms with Gasteiger partial charge in [0.2, 0.25) is 5.78 Å². The summed E-state index contributed by atoms with van der Waals surface area (Å²) in [6.07, 6.45) is -0.610. The molecule has 2 aromatic carbocycles. The Morgan fingerprint density at radius 3 is 2.85 bits per heavy atom. The van der Waals surface area contributed by atoms with Gasteiger partial charge in [-0.25, -0.2) is 0 Å². The fourth-order valence-electron chi connectivity index (χ4n) is 2.12. The van der Waals surface area contributed by atoms with E-state index in [1.807, 2.05) is 24.3 Å². The molecule has 0 saturated heterocycles. The lowest BCUT2D eigenvalue weighted by Gasteiger charge is -2.26. The fraction of sp³-hybridized carbons (Fsp3) is 0.133. The summed E-state index contributed by atoms with van der Waals surface area (Å²) >= 11 is 12.0. The molecule has 1 aliphatic rings. The molecule has 1 N–H and O–H groups in total. The molecule has 0 radical (unpaired) electrons. The molecule has 102 valence electrons. The quantitative estimate of drug-likeness (QED) is 0.851. The maximum absolute atomic E-state index is 12.5. The number of carbonyl (C=O) groups is 1. The molecule has 0 bridgehead atoms. The van der Waals surface area contributed by atoms with E-state index in [1.165, 1.54) is 0 Å². The normalized spacial score (nSPS) is 16.8. The summed E-state index contributed by atoms with van der Waals surface area (Å²) in [5.41, 5.74) is 1.26. The van der Waals surface area contributed by atoms with E-state index < -0.39 is 6.10 Å². The van der Waals surface area contributed by atoms with Crippen molar-refractivity contribution in [2.24, 2.45) is 0 Å². The van der Waals surface area contributed by atoms with Crippen molar-refractivity contribution in [2.75, 3.05) is 11.9 Å². The van der Waals surface area contributed by atoms with Gasteiger partial charge in [-0.2, -0.15) is 0 Å². The van der Waals surface area contributed by atoms with Crippen LogP contribution >= 0.6 is 23.2 Å². The summed E-state index contributed by atoms with van der Waals surface area (Å²) in [6.45, 7) is 0.401. The first kappa shape index (κ1) is 13.3. The van der Waals surface area contributed by atoms with Gasteiger partial charge in [-0.1, -0.05) is 35.3 Å². The van der Waals surface area contributed by atoms with Crippen LogP contribution in [0.25, 0.3) is 0 Å². The zero-order valence-electron chi connectivity index (χ0n) is 10.4. The van der Waals surface area contributed by atoms with Gasteiger partial charge in [0.05, 0.1) is 17.3 Å². The van der Waals surface area contributed by atoms with Crippen LogP contribution in [0.15, 0.2) is 42.5 Å². The second-order valence-electron chi connectivity index (χ2n) is 4.47. The molecule has 2 aromatic rings. The van der Waals surface area contributed by atoms with E-state index in [0.717, 1.165) is 5.69 Å². The van der Waals surface area contributed by atoms with E-state index in [2.05, 4.69) is 5.32 Å². The number of fused-ring (bicyclic) bond motifs is 1. The number of nitrogens with one attached hydrogen (secondary N) is 1. The third-order valence-corrected chi connectivity index (χ3v) is 3.69. The Hall–Kier alpha value is -1.71. The molecule has 1 atom stereocenters. The SMILES string of the molecule is O=C(c1cc(Cl)ccc1Cl)C1CNc2ccccc2O1. The number of Topliss-reactive ketones (excluding diaryl/α,β-unsaturated/α-hetero) is 1. The highest BCUT2D eigenvalue weighted by atomic mass is 35.5. The molecule has 3 nitrogen and oxygen atoms in total. The fourth-order valence-corrected chi connectivity index (χ4v) is 2.50. The first-order chi connectivity index (χ1) is 9.65.